The highest BCUT2D eigenvalue weighted by atomic mass is 16.5. The van der Waals surface area contributed by atoms with Gasteiger partial charge in [0.1, 0.15) is 5.76 Å². The Morgan fingerprint density at radius 3 is 2.67 bits per heavy atom. The van der Waals surface area contributed by atoms with Gasteiger partial charge >= 0.3 is 0 Å². The molecule has 0 bridgehead atoms. The molecule has 1 saturated carbocycles. The molecule has 0 aromatic carbocycles. The van der Waals surface area contributed by atoms with Gasteiger partial charge in [-0.3, -0.25) is 0 Å². The van der Waals surface area contributed by atoms with Gasteiger partial charge in [-0.15, -0.1) is 0 Å². The Hall–Kier alpha value is -0.540. The zero-order valence-corrected chi connectivity index (χ0v) is 11.8. The number of ether oxygens (including phenoxy) is 2. The molecule has 0 aromatic heterocycles. The average molecular weight is 253 g/mol. The maximum Gasteiger partial charge on any atom is 0.112 e. The van der Waals surface area contributed by atoms with Crippen LogP contribution in [0.4, 0.5) is 0 Å². The first-order valence-corrected chi connectivity index (χ1v) is 7.52. The van der Waals surface area contributed by atoms with Crippen LogP contribution in [0.1, 0.15) is 52.4 Å². The molecule has 1 N–H and O–H groups in total. The minimum Gasteiger partial charge on any atom is -0.496 e. The van der Waals surface area contributed by atoms with Crippen LogP contribution in [0.15, 0.2) is 11.8 Å². The van der Waals surface area contributed by atoms with Gasteiger partial charge in [0.2, 0.25) is 0 Å². The minimum absolute atomic E-state index is 0.0425. The Bertz CT molecular complexity index is 277. The fourth-order valence-electron chi connectivity index (χ4n) is 3.34. The normalized spacial score (nSPS) is 24.4. The van der Waals surface area contributed by atoms with Gasteiger partial charge in [0.05, 0.1) is 18.2 Å². The summed E-state index contributed by atoms with van der Waals surface area (Å²) in [6, 6.07) is 0.241. The summed E-state index contributed by atoms with van der Waals surface area (Å²) in [5.41, 5.74) is -0.0425. The average Bonchev–Trinajstić information content (AvgIpc) is 2.91. The van der Waals surface area contributed by atoms with E-state index >= 15 is 0 Å². The largest absolute Gasteiger partial charge is 0.496 e. The molecule has 1 unspecified atom stereocenters. The van der Waals surface area contributed by atoms with E-state index in [4.69, 9.17) is 9.47 Å². The summed E-state index contributed by atoms with van der Waals surface area (Å²) >= 11 is 0. The van der Waals surface area contributed by atoms with E-state index in [1.807, 2.05) is 0 Å². The molecule has 0 amide bonds. The second-order valence-electron chi connectivity index (χ2n) is 5.29. The van der Waals surface area contributed by atoms with E-state index in [0.29, 0.717) is 0 Å². The summed E-state index contributed by atoms with van der Waals surface area (Å²) in [6.07, 6.45) is 9.47. The van der Waals surface area contributed by atoms with E-state index in [1.54, 1.807) is 0 Å². The van der Waals surface area contributed by atoms with Crippen molar-refractivity contribution in [2.75, 3.05) is 19.8 Å². The standard InChI is InChI=1S/C15H27NO2/c1-3-16-14(13-9-8-12-17-13)15(18-4-2)10-6-5-7-11-15/h9,14,16H,3-8,10-12H2,1-2H3. The van der Waals surface area contributed by atoms with Crippen LogP contribution in [0.25, 0.3) is 0 Å². The Balaban J connectivity index is 2.17. The predicted octanol–water partition coefficient (Wildman–Crippen LogP) is 3.01. The molecular weight excluding hydrogens is 226 g/mol. The SMILES string of the molecule is CCNC(C1=CCCO1)C1(OCC)CCCCC1. The van der Waals surface area contributed by atoms with E-state index in [0.717, 1.165) is 44.8 Å². The van der Waals surface area contributed by atoms with Crippen LogP contribution < -0.4 is 5.32 Å². The first-order valence-electron chi connectivity index (χ1n) is 7.52. The molecule has 3 heteroatoms. The van der Waals surface area contributed by atoms with Crippen LogP contribution in [0, 0.1) is 0 Å². The lowest BCUT2D eigenvalue weighted by atomic mass is 9.78. The second kappa shape index (κ2) is 6.58. The van der Waals surface area contributed by atoms with Crippen LogP contribution in [-0.4, -0.2) is 31.4 Å². The topological polar surface area (TPSA) is 30.5 Å². The van der Waals surface area contributed by atoms with Gasteiger partial charge in [-0.2, -0.15) is 0 Å². The van der Waals surface area contributed by atoms with Crippen molar-refractivity contribution in [1.82, 2.24) is 5.32 Å². The Labute approximate surface area is 111 Å². The van der Waals surface area contributed by atoms with Crippen molar-refractivity contribution in [3.8, 4) is 0 Å². The zero-order chi connectivity index (χ0) is 12.8. The van der Waals surface area contributed by atoms with Crippen molar-refractivity contribution < 1.29 is 9.47 Å². The van der Waals surface area contributed by atoms with E-state index in [2.05, 4.69) is 25.2 Å². The van der Waals surface area contributed by atoms with Crippen LogP contribution in [-0.2, 0) is 9.47 Å². The first-order chi connectivity index (χ1) is 8.82. The fraction of sp³-hybridized carbons (Fsp3) is 0.867. The summed E-state index contributed by atoms with van der Waals surface area (Å²) in [4.78, 5) is 0. The summed E-state index contributed by atoms with van der Waals surface area (Å²) in [7, 11) is 0. The van der Waals surface area contributed by atoms with E-state index < -0.39 is 0 Å². The molecule has 1 aliphatic heterocycles. The van der Waals surface area contributed by atoms with Gasteiger partial charge in [0, 0.05) is 13.0 Å². The smallest absolute Gasteiger partial charge is 0.112 e. The third kappa shape index (κ3) is 2.89. The molecule has 1 heterocycles. The molecule has 1 aliphatic carbocycles. The van der Waals surface area contributed by atoms with E-state index in [9.17, 15) is 0 Å². The predicted molar refractivity (Wildman–Crippen MR) is 73.6 cm³/mol. The Kier molecular flexibility index (Phi) is 5.07. The second-order valence-corrected chi connectivity index (χ2v) is 5.29. The lowest BCUT2D eigenvalue weighted by Crippen LogP contribution is -2.54. The molecule has 1 fully saturated rings. The highest BCUT2D eigenvalue weighted by molar-refractivity contribution is 5.15. The van der Waals surface area contributed by atoms with E-state index in [-0.39, 0.29) is 11.6 Å². The molecule has 18 heavy (non-hydrogen) atoms. The molecule has 0 aromatic rings. The van der Waals surface area contributed by atoms with E-state index in [1.165, 1.54) is 19.3 Å². The maximum atomic E-state index is 6.21. The van der Waals surface area contributed by atoms with Gasteiger partial charge < -0.3 is 14.8 Å². The van der Waals surface area contributed by atoms with Crippen LogP contribution in [0.2, 0.25) is 0 Å². The summed E-state index contributed by atoms with van der Waals surface area (Å²) in [5, 5.41) is 3.60. The molecule has 0 saturated heterocycles. The van der Waals surface area contributed by atoms with Crippen LogP contribution >= 0.6 is 0 Å². The van der Waals surface area contributed by atoms with Crippen molar-refractivity contribution >= 4 is 0 Å². The monoisotopic (exact) mass is 253 g/mol. The van der Waals surface area contributed by atoms with Crippen molar-refractivity contribution in [3.05, 3.63) is 11.8 Å². The summed E-state index contributed by atoms with van der Waals surface area (Å²) in [6.45, 7) is 6.84. The minimum atomic E-state index is -0.0425. The maximum absolute atomic E-state index is 6.21. The highest BCUT2D eigenvalue weighted by Gasteiger charge is 2.43. The molecule has 104 valence electrons. The molecule has 0 radical (unpaired) electrons. The van der Waals surface area contributed by atoms with Crippen molar-refractivity contribution in [2.24, 2.45) is 0 Å². The number of likely N-dealkylation sites (N-methyl/N-ethyl adjacent to an activating group) is 1. The Morgan fingerprint density at radius 1 is 1.33 bits per heavy atom. The van der Waals surface area contributed by atoms with Crippen LogP contribution in [0.3, 0.4) is 0 Å². The number of hydrogen-bond acceptors (Lipinski definition) is 3. The van der Waals surface area contributed by atoms with Crippen LogP contribution in [0.5, 0.6) is 0 Å². The fourth-order valence-corrected chi connectivity index (χ4v) is 3.34. The zero-order valence-electron chi connectivity index (χ0n) is 11.8. The number of rotatable bonds is 6. The summed E-state index contributed by atoms with van der Waals surface area (Å²) < 4.78 is 12.0. The lowest BCUT2D eigenvalue weighted by molar-refractivity contribution is -0.0899. The third-order valence-corrected chi connectivity index (χ3v) is 4.08. The third-order valence-electron chi connectivity index (χ3n) is 4.08. The number of nitrogens with one attached hydrogen (secondary N) is 1. The first kappa shape index (κ1) is 13.9. The molecule has 1 atom stereocenters. The molecular formula is C15H27NO2. The summed E-state index contributed by atoms with van der Waals surface area (Å²) in [5.74, 6) is 1.12. The molecule has 0 spiro atoms. The molecule has 3 nitrogen and oxygen atoms in total. The van der Waals surface area contributed by atoms with Crippen molar-refractivity contribution in [2.45, 2.75) is 64.0 Å². The number of hydrogen-bond donors (Lipinski definition) is 1. The lowest BCUT2D eigenvalue weighted by Gasteiger charge is -2.43. The van der Waals surface area contributed by atoms with Gasteiger partial charge in [0.25, 0.3) is 0 Å². The Morgan fingerprint density at radius 2 is 2.11 bits per heavy atom. The van der Waals surface area contributed by atoms with Crippen molar-refractivity contribution in [3.63, 3.8) is 0 Å². The molecule has 2 rings (SSSR count). The molecule has 2 aliphatic rings. The van der Waals surface area contributed by atoms with Gasteiger partial charge in [-0.05, 0) is 32.4 Å². The van der Waals surface area contributed by atoms with Gasteiger partial charge in [-0.1, -0.05) is 26.2 Å². The van der Waals surface area contributed by atoms with Gasteiger partial charge in [-0.25, -0.2) is 0 Å². The highest BCUT2D eigenvalue weighted by Crippen LogP contribution is 2.38. The van der Waals surface area contributed by atoms with Crippen molar-refractivity contribution in [1.29, 1.82) is 0 Å². The van der Waals surface area contributed by atoms with Gasteiger partial charge in [0.15, 0.2) is 0 Å². The quantitative estimate of drug-likeness (QED) is 0.789.